The Morgan fingerprint density at radius 3 is 2.61 bits per heavy atom. The van der Waals surface area contributed by atoms with Crippen molar-refractivity contribution in [3.63, 3.8) is 0 Å². The summed E-state index contributed by atoms with van der Waals surface area (Å²) in [5, 5.41) is 0. The molecule has 1 heterocycles. The number of ether oxygens (including phenoxy) is 2. The molecule has 0 aromatic heterocycles. The van der Waals surface area contributed by atoms with Crippen LogP contribution in [-0.4, -0.2) is 50.5 Å². The van der Waals surface area contributed by atoms with E-state index in [1.54, 1.807) is 19.1 Å². The summed E-state index contributed by atoms with van der Waals surface area (Å²) in [6.07, 6.45) is 1.74. The highest BCUT2D eigenvalue weighted by Crippen LogP contribution is 2.29. The highest BCUT2D eigenvalue weighted by molar-refractivity contribution is 5.77. The molecule has 1 saturated heterocycles. The van der Waals surface area contributed by atoms with Gasteiger partial charge in [0.05, 0.1) is 26.1 Å². The van der Waals surface area contributed by atoms with E-state index in [2.05, 4.69) is 0 Å². The zero-order valence-corrected chi connectivity index (χ0v) is 18.3. The first kappa shape index (κ1) is 22.6. The first-order chi connectivity index (χ1) is 15.0. The van der Waals surface area contributed by atoms with E-state index in [0.29, 0.717) is 37.7 Å². The van der Waals surface area contributed by atoms with Crippen LogP contribution in [0.3, 0.4) is 0 Å². The molecule has 2 amide bonds. The Bertz CT molecular complexity index is 888. The van der Waals surface area contributed by atoms with E-state index in [1.165, 1.54) is 0 Å². The maximum atomic E-state index is 12.7. The molecule has 0 radical (unpaired) electrons. The van der Waals surface area contributed by atoms with Crippen LogP contribution >= 0.6 is 0 Å². The van der Waals surface area contributed by atoms with Gasteiger partial charge in [-0.05, 0) is 36.1 Å². The van der Waals surface area contributed by atoms with Crippen LogP contribution in [0.25, 0.3) is 0 Å². The normalized spacial score (nSPS) is 18.3. The average Bonchev–Trinajstić information content (AvgIpc) is 2.78. The van der Waals surface area contributed by atoms with Gasteiger partial charge in [-0.2, -0.15) is 0 Å². The average molecular weight is 427 g/mol. The lowest BCUT2D eigenvalue weighted by atomic mass is 9.97. The molecule has 0 bridgehead atoms. The van der Waals surface area contributed by atoms with Crippen LogP contribution < -0.4 is 20.1 Å². The summed E-state index contributed by atoms with van der Waals surface area (Å²) in [4.78, 5) is 27.0. The summed E-state index contributed by atoms with van der Waals surface area (Å²) in [6, 6.07) is 15.7. The molecule has 2 aromatic rings. The lowest BCUT2D eigenvalue weighted by Gasteiger charge is -2.29. The van der Waals surface area contributed by atoms with Crippen LogP contribution in [0.15, 0.2) is 48.5 Å². The molecule has 1 aliphatic heterocycles. The number of carbonyl (C=O) groups excluding carboxylic acids is 2. The van der Waals surface area contributed by atoms with Crippen LogP contribution in [0.4, 0.5) is 0 Å². The number of carbonyl (C=O) groups is 2. The minimum Gasteiger partial charge on any atom is -0.493 e. The summed E-state index contributed by atoms with van der Waals surface area (Å²) in [7, 11) is 3.40. The first-order valence-corrected chi connectivity index (χ1v) is 10.7. The third kappa shape index (κ3) is 6.46. The second-order valence-electron chi connectivity index (χ2n) is 8.13. The Kier molecular flexibility index (Phi) is 7.89. The molecule has 1 aliphatic rings. The van der Waals surface area contributed by atoms with Crippen LogP contribution in [-0.2, 0) is 22.7 Å². The molecular formula is C24H32N3O4+. The van der Waals surface area contributed by atoms with E-state index in [1.807, 2.05) is 48.5 Å². The molecule has 1 fully saturated rings. The quantitative estimate of drug-likeness (QED) is 0.627. The van der Waals surface area contributed by atoms with Gasteiger partial charge in [-0.1, -0.05) is 36.4 Å². The number of benzene rings is 2. The Hall–Kier alpha value is -3.06. The van der Waals surface area contributed by atoms with Crippen molar-refractivity contribution in [1.29, 1.82) is 0 Å². The van der Waals surface area contributed by atoms with Gasteiger partial charge in [-0.15, -0.1) is 0 Å². The van der Waals surface area contributed by atoms with Crippen molar-refractivity contribution >= 4 is 11.8 Å². The number of nitrogens with two attached hydrogens (primary N) is 1. The fourth-order valence-corrected chi connectivity index (χ4v) is 3.93. The Morgan fingerprint density at radius 1 is 1.13 bits per heavy atom. The number of hydrogen-bond acceptors (Lipinski definition) is 4. The van der Waals surface area contributed by atoms with E-state index in [4.69, 9.17) is 15.2 Å². The van der Waals surface area contributed by atoms with Crippen molar-refractivity contribution in [2.75, 3.05) is 33.8 Å². The topological polar surface area (TPSA) is 86.3 Å². The number of rotatable bonds is 9. The molecule has 0 aliphatic carbocycles. The van der Waals surface area contributed by atoms with Crippen molar-refractivity contribution in [3.05, 3.63) is 59.7 Å². The zero-order chi connectivity index (χ0) is 22.2. The van der Waals surface area contributed by atoms with E-state index in [0.717, 1.165) is 35.4 Å². The van der Waals surface area contributed by atoms with E-state index in [-0.39, 0.29) is 17.7 Å². The fourth-order valence-electron chi connectivity index (χ4n) is 3.93. The van der Waals surface area contributed by atoms with Crippen LogP contribution in [0.1, 0.15) is 24.0 Å². The number of primary amides is 1. The fraction of sp³-hybridized carbons (Fsp3) is 0.417. The van der Waals surface area contributed by atoms with Crippen molar-refractivity contribution < 1.29 is 24.0 Å². The summed E-state index contributed by atoms with van der Waals surface area (Å²) in [6.45, 7) is 2.83. The molecule has 3 rings (SSSR count). The smallest absolute Gasteiger partial charge is 0.277 e. The summed E-state index contributed by atoms with van der Waals surface area (Å²) < 4.78 is 11.4. The van der Waals surface area contributed by atoms with Gasteiger partial charge >= 0.3 is 0 Å². The lowest BCUT2D eigenvalue weighted by Crippen LogP contribution is -3.14. The minimum absolute atomic E-state index is 0.0449. The molecular weight excluding hydrogens is 394 g/mol. The van der Waals surface area contributed by atoms with Crippen molar-refractivity contribution in [2.24, 2.45) is 11.7 Å². The van der Waals surface area contributed by atoms with Gasteiger partial charge < -0.3 is 25.0 Å². The van der Waals surface area contributed by atoms with E-state index in [9.17, 15) is 9.59 Å². The number of amides is 2. The summed E-state index contributed by atoms with van der Waals surface area (Å²) >= 11 is 0. The number of hydrogen-bond donors (Lipinski definition) is 2. The number of nitrogens with zero attached hydrogens (tertiary/aromatic N) is 1. The zero-order valence-electron chi connectivity index (χ0n) is 18.3. The SMILES string of the molecule is COc1cc(CN(C)C(=O)C[NH+]2CCC[C@H](C(N)=O)C2)ccc1OCc1ccccc1. The Morgan fingerprint density at radius 2 is 1.90 bits per heavy atom. The third-order valence-electron chi connectivity index (χ3n) is 5.73. The predicted molar refractivity (Wildman–Crippen MR) is 118 cm³/mol. The van der Waals surface area contributed by atoms with Gasteiger partial charge in [0.15, 0.2) is 18.0 Å². The lowest BCUT2D eigenvalue weighted by molar-refractivity contribution is -0.899. The van der Waals surface area contributed by atoms with Crippen molar-refractivity contribution in [2.45, 2.75) is 26.0 Å². The highest BCUT2D eigenvalue weighted by atomic mass is 16.5. The van der Waals surface area contributed by atoms with Gasteiger partial charge in [0.2, 0.25) is 5.91 Å². The van der Waals surface area contributed by atoms with Crippen molar-refractivity contribution in [1.82, 2.24) is 4.90 Å². The Balaban J connectivity index is 1.55. The molecule has 2 aromatic carbocycles. The summed E-state index contributed by atoms with van der Waals surface area (Å²) in [5.74, 6) is 0.956. The largest absolute Gasteiger partial charge is 0.493 e. The number of quaternary nitrogens is 1. The number of likely N-dealkylation sites (N-methyl/N-ethyl adjacent to an activating group) is 1. The molecule has 7 heteroatoms. The minimum atomic E-state index is -0.264. The van der Waals surface area contributed by atoms with E-state index >= 15 is 0 Å². The number of piperidine rings is 1. The monoisotopic (exact) mass is 426 g/mol. The number of nitrogens with one attached hydrogen (secondary N) is 1. The van der Waals surface area contributed by atoms with Gasteiger partial charge in [0, 0.05) is 13.6 Å². The molecule has 2 atom stereocenters. The molecule has 166 valence electrons. The molecule has 7 nitrogen and oxygen atoms in total. The van der Waals surface area contributed by atoms with Gasteiger partial charge in [0.25, 0.3) is 5.91 Å². The number of likely N-dealkylation sites (tertiary alicyclic amines) is 1. The van der Waals surface area contributed by atoms with Gasteiger partial charge in [0.1, 0.15) is 6.61 Å². The predicted octanol–water partition coefficient (Wildman–Crippen LogP) is 1.01. The maximum absolute atomic E-state index is 12.7. The van der Waals surface area contributed by atoms with Crippen LogP contribution in [0.2, 0.25) is 0 Å². The maximum Gasteiger partial charge on any atom is 0.277 e. The highest BCUT2D eigenvalue weighted by Gasteiger charge is 2.29. The van der Waals surface area contributed by atoms with Gasteiger partial charge in [-0.3, -0.25) is 9.59 Å². The molecule has 0 spiro atoms. The molecule has 1 unspecified atom stereocenters. The second-order valence-corrected chi connectivity index (χ2v) is 8.13. The molecule has 31 heavy (non-hydrogen) atoms. The van der Waals surface area contributed by atoms with Crippen LogP contribution in [0, 0.1) is 5.92 Å². The van der Waals surface area contributed by atoms with E-state index < -0.39 is 0 Å². The van der Waals surface area contributed by atoms with Crippen LogP contribution in [0.5, 0.6) is 11.5 Å². The molecule has 0 saturated carbocycles. The number of methoxy groups -OCH3 is 1. The first-order valence-electron chi connectivity index (χ1n) is 10.7. The second kappa shape index (κ2) is 10.8. The molecule has 3 N–H and O–H groups in total. The standard InChI is InChI=1S/C24H31N3O4/c1-26(23(28)16-27-12-6-9-20(15-27)24(25)29)14-19-10-11-21(22(13-19)30-2)31-17-18-7-4-3-5-8-18/h3-5,7-8,10-11,13,20H,6,9,12,14-17H2,1-2H3,(H2,25,29)/p+1/t20-/m0/s1. The third-order valence-corrected chi connectivity index (χ3v) is 5.73. The van der Waals surface area contributed by atoms with Gasteiger partial charge in [-0.25, -0.2) is 0 Å². The summed E-state index contributed by atoms with van der Waals surface area (Å²) in [5.41, 5.74) is 7.49. The van der Waals surface area contributed by atoms with Crippen molar-refractivity contribution in [3.8, 4) is 11.5 Å². The Labute approximate surface area is 183 Å².